The standard InChI is InChI=1S/C40H57N7O8/c41-24-29-6-8-31(9-7-29)26-43-38(49)45-17-21-46(22-18-45)39(50)54-28-35-36(53-27-32-4-2-1-3-5-32)34(14-23-52-35)55-40(51)47-19-15-44(16-20-47)37(48)33-12-10-30(25-42)11-13-33/h1-9,30,33-36H,10-28,41-42H2,(H,43,49)/t30?,33?,34-,35-,36+/m1/s1. The molecule has 4 aliphatic rings. The molecule has 5 N–H and O–H groups in total. The normalized spacial score (nSPS) is 24.6. The average molecular weight is 764 g/mol. The van der Waals surface area contributed by atoms with Crippen molar-refractivity contribution in [3.05, 3.63) is 71.3 Å². The molecule has 3 saturated heterocycles. The van der Waals surface area contributed by atoms with Crippen LogP contribution < -0.4 is 16.8 Å². The van der Waals surface area contributed by atoms with Crippen LogP contribution in [0.4, 0.5) is 14.4 Å². The van der Waals surface area contributed by atoms with E-state index in [2.05, 4.69) is 5.32 Å². The van der Waals surface area contributed by atoms with E-state index in [1.54, 1.807) is 14.7 Å². The number of nitrogens with zero attached hydrogens (tertiary/aromatic N) is 4. The first-order valence-electron chi connectivity index (χ1n) is 19.7. The highest BCUT2D eigenvalue weighted by Crippen LogP contribution is 2.30. The van der Waals surface area contributed by atoms with Crippen molar-refractivity contribution in [3.8, 4) is 0 Å². The number of nitrogens with one attached hydrogen (secondary N) is 1. The number of rotatable bonds is 11. The number of amides is 5. The SMILES string of the molecule is NCc1ccc(CNC(=O)N2CCN(C(=O)OC[C@H]3OCC[C@@H](OC(=O)N4CCN(C(=O)C5CCC(CN)CC5)CC4)[C@@H]3OCc3ccccc3)CC2)cc1. The maximum Gasteiger partial charge on any atom is 0.410 e. The summed E-state index contributed by atoms with van der Waals surface area (Å²) in [6.45, 7) is 5.09. The van der Waals surface area contributed by atoms with Crippen LogP contribution in [-0.4, -0.2) is 134 Å². The fourth-order valence-electron chi connectivity index (χ4n) is 7.72. The first kappa shape index (κ1) is 40.2. The summed E-state index contributed by atoms with van der Waals surface area (Å²) in [6.07, 6.45) is 1.17. The van der Waals surface area contributed by atoms with Crippen LogP contribution in [0.3, 0.4) is 0 Å². The van der Waals surface area contributed by atoms with Crippen LogP contribution in [0, 0.1) is 11.8 Å². The van der Waals surface area contributed by atoms with E-state index in [4.69, 9.17) is 30.4 Å². The van der Waals surface area contributed by atoms with Crippen molar-refractivity contribution in [2.24, 2.45) is 23.3 Å². The monoisotopic (exact) mass is 763 g/mol. The topological polar surface area (TPSA) is 182 Å². The number of carbonyl (C=O) groups is 4. The van der Waals surface area contributed by atoms with Crippen molar-refractivity contribution in [1.82, 2.24) is 24.9 Å². The lowest BCUT2D eigenvalue weighted by Gasteiger charge is -2.40. The van der Waals surface area contributed by atoms with Gasteiger partial charge in [0.1, 0.15) is 24.9 Å². The first-order chi connectivity index (χ1) is 26.8. The zero-order chi connectivity index (χ0) is 38.6. The number of benzene rings is 2. The van der Waals surface area contributed by atoms with Gasteiger partial charge in [0.05, 0.1) is 13.2 Å². The molecule has 0 radical (unpaired) electrons. The van der Waals surface area contributed by atoms with E-state index in [1.807, 2.05) is 59.5 Å². The number of hydrogen-bond acceptors (Lipinski definition) is 10. The Bertz CT molecular complexity index is 1540. The van der Waals surface area contributed by atoms with Gasteiger partial charge in [0.2, 0.25) is 5.91 Å². The van der Waals surface area contributed by atoms with Crippen LogP contribution in [0.1, 0.15) is 48.8 Å². The van der Waals surface area contributed by atoms with Crippen molar-refractivity contribution in [2.75, 3.05) is 72.1 Å². The molecule has 6 rings (SSSR count). The highest BCUT2D eigenvalue weighted by molar-refractivity contribution is 5.79. The molecule has 3 heterocycles. The fraction of sp³-hybridized carbons (Fsp3) is 0.600. The molecule has 2 aromatic carbocycles. The Morgan fingerprint density at radius 2 is 1.33 bits per heavy atom. The molecule has 55 heavy (non-hydrogen) atoms. The molecule has 2 aromatic rings. The van der Waals surface area contributed by atoms with Gasteiger partial charge in [-0.15, -0.1) is 0 Å². The molecule has 0 spiro atoms. The van der Waals surface area contributed by atoms with E-state index >= 15 is 0 Å². The van der Waals surface area contributed by atoms with Gasteiger partial charge in [-0.05, 0) is 54.8 Å². The molecule has 4 fully saturated rings. The van der Waals surface area contributed by atoms with E-state index in [0.717, 1.165) is 42.4 Å². The van der Waals surface area contributed by atoms with Crippen molar-refractivity contribution in [3.63, 3.8) is 0 Å². The smallest absolute Gasteiger partial charge is 0.410 e. The highest BCUT2D eigenvalue weighted by Gasteiger charge is 2.40. The van der Waals surface area contributed by atoms with E-state index in [-0.39, 0.29) is 31.1 Å². The van der Waals surface area contributed by atoms with Gasteiger partial charge in [-0.3, -0.25) is 4.79 Å². The molecule has 1 aliphatic carbocycles. The van der Waals surface area contributed by atoms with Gasteiger partial charge >= 0.3 is 18.2 Å². The van der Waals surface area contributed by atoms with Crippen molar-refractivity contribution < 1.29 is 38.1 Å². The van der Waals surface area contributed by atoms with Gasteiger partial charge < -0.3 is 55.3 Å². The molecule has 15 heteroatoms. The Kier molecular flexibility index (Phi) is 14.6. The molecular weight excluding hydrogens is 706 g/mol. The molecule has 300 valence electrons. The predicted octanol–water partition coefficient (Wildman–Crippen LogP) is 2.90. The number of hydrogen-bond donors (Lipinski definition) is 3. The summed E-state index contributed by atoms with van der Waals surface area (Å²) in [7, 11) is 0. The Balaban J connectivity index is 0.974. The van der Waals surface area contributed by atoms with Gasteiger partial charge in [-0.25, -0.2) is 14.4 Å². The second-order valence-corrected chi connectivity index (χ2v) is 14.9. The third-order valence-corrected chi connectivity index (χ3v) is 11.3. The fourth-order valence-corrected chi connectivity index (χ4v) is 7.72. The number of nitrogens with two attached hydrogens (primary N) is 2. The molecular formula is C40H57N7O8. The van der Waals surface area contributed by atoms with Gasteiger partial charge in [0.15, 0.2) is 0 Å². The molecule has 0 unspecified atom stereocenters. The van der Waals surface area contributed by atoms with Crippen LogP contribution >= 0.6 is 0 Å². The maximum atomic E-state index is 13.5. The Labute approximate surface area is 323 Å². The number of ether oxygens (including phenoxy) is 4. The lowest BCUT2D eigenvalue weighted by atomic mass is 9.81. The lowest BCUT2D eigenvalue weighted by molar-refractivity contribution is -0.178. The van der Waals surface area contributed by atoms with Crippen LogP contribution in [-0.2, 0) is 43.4 Å². The highest BCUT2D eigenvalue weighted by atomic mass is 16.6. The summed E-state index contributed by atoms with van der Waals surface area (Å²) in [5, 5.41) is 2.94. The van der Waals surface area contributed by atoms with E-state index < -0.39 is 30.5 Å². The van der Waals surface area contributed by atoms with Crippen molar-refractivity contribution in [2.45, 2.75) is 70.1 Å². The molecule has 5 amide bonds. The van der Waals surface area contributed by atoms with Gasteiger partial charge in [-0.2, -0.15) is 0 Å². The van der Waals surface area contributed by atoms with E-state index in [1.165, 1.54) is 0 Å². The second kappa shape index (κ2) is 19.9. The number of urea groups is 1. The Morgan fingerprint density at radius 3 is 1.98 bits per heavy atom. The molecule has 1 saturated carbocycles. The van der Waals surface area contributed by atoms with Crippen molar-refractivity contribution >= 4 is 24.1 Å². The molecule has 3 atom stereocenters. The van der Waals surface area contributed by atoms with Gasteiger partial charge in [0.25, 0.3) is 0 Å². The minimum absolute atomic E-state index is 0.0322. The zero-order valence-corrected chi connectivity index (χ0v) is 31.7. The molecule has 0 aromatic heterocycles. The Morgan fingerprint density at radius 1 is 0.709 bits per heavy atom. The minimum atomic E-state index is -0.690. The molecule has 15 nitrogen and oxygen atoms in total. The first-order valence-corrected chi connectivity index (χ1v) is 19.7. The number of carbonyl (C=O) groups excluding carboxylic acids is 4. The number of piperazine rings is 2. The van der Waals surface area contributed by atoms with Crippen LogP contribution in [0.15, 0.2) is 54.6 Å². The molecule has 0 bridgehead atoms. The summed E-state index contributed by atoms with van der Waals surface area (Å²) in [5.74, 6) is 0.714. The van der Waals surface area contributed by atoms with Crippen molar-refractivity contribution in [1.29, 1.82) is 0 Å². The lowest BCUT2D eigenvalue weighted by Crippen LogP contribution is -2.55. The molecule has 3 aliphatic heterocycles. The zero-order valence-electron chi connectivity index (χ0n) is 31.7. The van der Waals surface area contributed by atoms with Crippen LogP contribution in [0.5, 0.6) is 0 Å². The maximum absolute atomic E-state index is 13.5. The largest absolute Gasteiger partial charge is 0.447 e. The summed E-state index contributed by atoms with van der Waals surface area (Å²) >= 11 is 0. The minimum Gasteiger partial charge on any atom is -0.447 e. The Hall–Kier alpha value is -4.44. The summed E-state index contributed by atoms with van der Waals surface area (Å²) in [4.78, 5) is 59.5. The van der Waals surface area contributed by atoms with E-state index in [9.17, 15) is 19.2 Å². The third kappa shape index (κ3) is 11.1. The van der Waals surface area contributed by atoms with Gasteiger partial charge in [-0.1, -0.05) is 54.6 Å². The van der Waals surface area contributed by atoms with Gasteiger partial charge in [0, 0.05) is 77.8 Å². The predicted molar refractivity (Wildman–Crippen MR) is 203 cm³/mol. The van der Waals surface area contributed by atoms with E-state index in [0.29, 0.717) is 90.9 Å². The average Bonchev–Trinajstić information content (AvgIpc) is 3.24. The second-order valence-electron chi connectivity index (χ2n) is 14.9. The third-order valence-electron chi connectivity index (χ3n) is 11.3. The van der Waals surface area contributed by atoms with Crippen LogP contribution in [0.2, 0.25) is 0 Å². The van der Waals surface area contributed by atoms with Crippen LogP contribution in [0.25, 0.3) is 0 Å². The quantitative estimate of drug-likeness (QED) is 0.308. The summed E-state index contributed by atoms with van der Waals surface area (Å²) < 4.78 is 24.3. The summed E-state index contributed by atoms with van der Waals surface area (Å²) in [5.41, 5.74) is 14.4. The summed E-state index contributed by atoms with van der Waals surface area (Å²) in [6, 6.07) is 17.2.